The lowest BCUT2D eigenvalue weighted by molar-refractivity contribution is 1.05. The Kier molecular flexibility index (Phi) is 8.04. The highest BCUT2D eigenvalue weighted by Gasteiger charge is 2.22. The van der Waals surface area contributed by atoms with Gasteiger partial charge in [0, 0.05) is 67.5 Å². The summed E-state index contributed by atoms with van der Waals surface area (Å²) in [6.45, 7) is 0. The number of aromatic nitrogens is 7. The number of rotatable bonds is 7. The van der Waals surface area contributed by atoms with Crippen LogP contribution in [0, 0.1) is 0 Å². The summed E-state index contributed by atoms with van der Waals surface area (Å²) < 4.78 is 6.89. The van der Waals surface area contributed by atoms with Crippen LogP contribution in [0.15, 0.2) is 219 Å². The van der Waals surface area contributed by atoms with Crippen molar-refractivity contribution >= 4 is 82.7 Å². The van der Waals surface area contributed by atoms with Crippen molar-refractivity contribution in [3.63, 3.8) is 0 Å². The molecule has 0 spiro atoms. The van der Waals surface area contributed by atoms with E-state index in [1.807, 2.05) is 24.8 Å². The van der Waals surface area contributed by atoms with Gasteiger partial charge in [0.1, 0.15) is 0 Å². The number of fused-ring (bicyclic) bond motifs is 9. The SMILES string of the molecule is c1ccc(-n2c3ccccc3c3cc(N(c4ccc5c(c4)c4ccccc4n5-c4ccccc4)c4ncc(-c5ncc(-n6c7ccccc7c7ccccc76)cn5)cn4)ccc32)cc1. The standard InChI is InChI=1S/C56H36N8/c1-3-15-38(16-4-1)62-51-25-13-9-21-45(51)47-31-40(27-29-53(47)62)61(41-28-30-54-48(32-41)46-22-10-14-26-52(46)63(54)39-17-5-2-6-18-39)56-59-33-37(34-60-56)55-57-35-42(36-58-55)64-49-23-11-7-19-43(49)44-20-8-12-24-50(44)64/h1-36H. The number of benzene rings is 8. The molecule has 13 aromatic rings. The second kappa shape index (κ2) is 14.4. The first-order valence-corrected chi connectivity index (χ1v) is 21.4. The monoisotopic (exact) mass is 820 g/mol. The Morgan fingerprint density at radius 3 is 1.09 bits per heavy atom. The van der Waals surface area contributed by atoms with Gasteiger partial charge in [-0.15, -0.1) is 0 Å². The summed E-state index contributed by atoms with van der Waals surface area (Å²) in [6, 6.07) is 68.5. The summed E-state index contributed by atoms with van der Waals surface area (Å²) in [5, 5.41) is 6.99. The third-order valence-corrected chi connectivity index (χ3v) is 12.4. The summed E-state index contributed by atoms with van der Waals surface area (Å²) in [4.78, 5) is 22.0. The Labute approximate surface area is 367 Å². The van der Waals surface area contributed by atoms with Crippen molar-refractivity contribution in [1.29, 1.82) is 0 Å². The van der Waals surface area contributed by atoms with Crippen molar-refractivity contribution in [3.05, 3.63) is 219 Å². The van der Waals surface area contributed by atoms with Gasteiger partial charge in [0.15, 0.2) is 5.82 Å². The van der Waals surface area contributed by atoms with Crippen LogP contribution in [-0.2, 0) is 0 Å². The molecular weight excluding hydrogens is 785 g/mol. The van der Waals surface area contributed by atoms with Gasteiger partial charge in [-0.25, -0.2) is 19.9 Å². The van der Waals surface area contributed by atoms with E-state index in [9.17, 15) is 0 Å². The maximum Gasteiger partial charge on any atom is 0.234 e. The molecule has 5 aromatic heterocycles. The Bertz CT molecular complexity index is 3680. The fraction of sp³-hybridized carbons (Fsp3) is 0. The zero-order valence-corrected chi connectivity index (χ0v) is 34.4. The highest BCUT2D eigenvalue weighted by atomic mass is 15.3. The van der Waals surface area contributed by atoms with E-state index < -0.39 is 0 Å². The number of anilines is 3. The summed E-state index contributed by atoms with van der Waals surface area (Å²) in [6.07, 6.45) is 7.40. The Morgan fingerprint density at radius 2 is 0.656 bits per heavy atom. The van der Waals surface area contributed by atoms with E-state index in [-0.39, 0.29) is 0 Å². The molecule has 0 unspecified atom stereocenters. The molecular formula is C56H36N8. The molecule has 0 saturated carbocycles. The van der Waals surface area contributed by atoms with Crippen LogP contribution in [0.5, 0.6) is 0 Å². The van der Waals surface area contributed by atoms with Gasteiger partial charge in [0.25, 0.3) is 0 Å². The first-order valence-electron chi connectivity index (χ1n) is 21.4. The summed E-state index contributed by atoms with van der Waals surface area (Å²) in [7, 11) is 0. The molecule has 0 aliphatic carbocycles. The molecule has 0 fully saturated rings. The minimum atomic E-state index is 0.531. The molecule has 8 nitrogen and oxygen atoms in total. The topological polar surface area (TPSA) is 69.6 Å². The van der Waals surface area contributed by atoms with Crippen LogP contribution in [-0.4, -0.2) is 33.6 Å². The van der Waals surface area contributed by atoms with Gasteiger partial charge in [-0.05, 0) is 84.9 Å². The maximum atomic E-state index is 5.07. The average Bonchev–Trinajstić information content (AvgIpc) is 4.00. The summed E-state index contributed by atoms with van der Waals surface area (Å²) in [5.74, 6) is 1.08. The van der Waals surface area contributed by atoms with E-state index in [0.717, 1.165) is 77.9 Å². The van der Waals surface area contributed by atoms with Crippen LogP contribution in [0.2, 0.25) is 0 Å². The predicted octanol–water partition coefficient (Wildman–Crippen LogP) is 13.7. The van der Waals surface area contributed by atoms with Crippen LogP contribution < -0.4 is 4.90 Å². The van der Waals surface area contributed by atoms with Gasteiger partial charge < -0.3 is 13.7 Å². The largest absolute Gasteiger partial charge is 0.309 e. The van der Waals surface area contributed by atoms with E-state index in [2.05, 4.69) is 213 Å². The molecule has 0 amide bonds. The summed E-state index contributed by atoms with van der Waals surface area (Å²) >= 11 is 0. The molecule has 64 heavy (non-hydrogen) atoms. The van der Waals surface area contributed by atoms with Gasteiger partial charge in [0.05, 0.1) is 56.7 Å². The summed E-state index contributed by atoms with van der Waals surface area (Å²) in [5.41, 5.74) is 12.5. The van der Waals surface area contributed by atoms with E-state index in [1.165, 1.54) is 21.5 Å². The maximum absolute atomic E-state index is 5.07. The van der Waals surface area contributed by atoms with E-state index in [4.69, 9.17) is 19.9 Å². The van der Waals surface area contributed by atoms with Crippen LogP contribution in [0.25, 0.3) is 93.9 Å². The lowest BCUT2D eigenvalue weighted by Crippen LogP contribution is -2.13. The minimum absolute atomic E-state index is 0.531. The van der Waals surface area contributed by atoms with Crippen molar-refractivity contribution in [2.75, 3.05) is 4.90 Å². The molecule has 8 heteroatoms. The molecule has 0 radical (unpaired) electrons. The Morgan fingerprint density at radius 1 is 0.297 bits per heavy atom. The third-order valence-electron chi connectivity index (χ3n) is 12.4. The van der Waals surface area contributed by atoms with Gasteiger partial charge in [-0.1, -0.05) is 109 Å². The normalized spacial score (nSPS) is 11.8. The number of para-hydroxylation sites is 6. The number of hydrogen-bond donors (Lipinski definition) is 0. The van der Waals surface area contributed by atoms with Gasteiger partial charge in [-0.2, -0.15) is 0 Å². The van der Waals surface area contributed by atoms with Crippen molar-refractivity contribution in [2.45, 2.75) is 0 Å². The van der Waals surface area contributed by atoms with Crippen LogP contribution in [0.4, 0.5) is 17.3 Å². The zero-order valence-electron chi connectivity index (χ0n) is 34.4. The number of hydrogen-bond acceptors (Lipinski definition) is 5. The Balaban J connectivity index is 0.955. The molecule has 5 heterocycles. The highest BCUT2D eigenvalue weighted by Crippen LogP contribution is 2.42. The van der Waals surface area contributed by atoms with E-state index in [0.29, 0.717) is 11.8 Å². The molecule has 0 atom stereocenters. The molecule has 0 N–H and O–H groups in total. The molecule has 0 bridgehead atoms. The molecule has 8 aromatic carbocycles. The average molecular weight is 821 g/mol. The van der Waals surface area contributed by atoms with Gasteiger partial charge in [0.2, 0.25) is 5.95 Å². The first-order chi connectivity index (χ1) is 31.8. The molecule has 13 rings (SSSR count). The van der Waals surface area contributed by atoms with E-state index >= 15 is 0 Å². The second-order valence-electron chi connectivity index (χ2n) is 16.0. The van der Waals surface area contributed by atoms with Crippen LogP contribution >= 0.6 is 0 Å². The van der Waals surface area contributed by atoms with Gasteiger partial charge in [-0.3, -0.25) is 4.90 Å². The Hall–Kier alpha value is -8.88. The predicted molar refractivity (Wildman–Crippen MR) is 261 cm³/mol. The lowest BCUT2D eigenvalue weighted by atomic mass is 10.1. The van der Waals surface area contributed by atoms with Gasteiger partial charge >= 0.3 is 0 Å². The molecule has 0 aliphatic rings. The fourth-order valence-corrected chi connectivity index (χ4v) is 9.63. The lowest BCUT2D eigenvalue weighted by Gasteiger charge is -2.24. The molecule has 0 saturated heterocycles. The van der Waals surface area contributed by atoms with Crippen molar-refractivity contribution in [3.8, 4) is 28.5 Å². The highest BCUT2D eigenvalue weighted by molar-refractivity contribution is 6.13. The zero-order chi connectivity index (χ0) is 42.1. The fourth-order valence-electron chi connectivity index (χ4n) is 9.63. The smallest absolute Gasteiger partial charge is 0.234 e. The molecule has 0 aliphatic heterocycles. The first kappa shape index (κ1) is 35.8. The second-order valence-corrected chi connectivity index (χ2v) is 16.0. The van der Waals surface area contributed by atoms with Crippen LogP contribution in [0.3, 0.4) is 0 Å². The van der Waals surface area contributed by atoms with Crippen molar-refractivity contribution in [1.82, 2.24) is 33.6 Å². The van der Waals surface area contributed by atoms with Crippen LogP contribution in [0.1, 0.15) is 0 Å². The van der Waals surface area contributed by atoms with Crippen molar-refractivity contribution < 1.29 is 0 Å². The molecule has 300 valence electrons. The minimum Gasteiger partial charge on any atom is -0.309 e. The third kappa shape index (κ3) is 5.56. The van der Waals surface area contributed by atoms with E-state index in [1.54, 1.807) is 0 Å². The number of nitrogens with zero attached hydrogens (tertiary/aromatic N) is 8. The van der Waals surface area contributed by atoms with Crippen molar-refractivity contribution in [2.24, 2.45) is 0 Å². The quantitative estimate of drug-likeness (QED) is 0.160.